The average molecular weight is 328 g/mol. The van der Waals surface area contributed by atoms with Gasteiger partial charge in [-0.05, 0) is 37.8 Å². The third kappa shape index (κ3) is 3.45. The number of rotatable bonds is 6. The maximum atomic E-state index is 12.4. The Hall–Kier alpha value is -2.70. The van der Waals surface area contributed by atoms with Gasteiger partial charge >= 0.3 is 5.97 Å². The van der Waals surface area contributed by atoms with Crippen molar-refractivity contribution in [3.63, 3.8) is 0 Å². The monoisotopic (exact) mass is 328 g/mol. The molecule has 1 aliphatic carbocycles. The van der Waals surface area contributed by atoms with Gasteiger partial charge in [0.05, 0.1) is 11.9 Å². The number of ether oxygens (including phenoxy) is 1. The van der Waals surface area contributed by atoms with Crippen LogP contribution in [0.3, 0.4) is 0 Å². The number of carbonyl (C=O) groups excluding carboxylic acids is 2. The van der Waals surface area contributed by atoms with Crippen LogP contribution in [-0.2, 0) is 20.9 Å². The van der Waals surface area contributed by atoms with Crippen molar-refractivity contribution in [2.75, 3.05) is 0 Å². The Morgan fingerprint density at radius 3 is 2.67 bits per heavy atom. The molecule has 3 rings (SSSR count). The molecule has 1 aromatic heterocycles. The molecule has 1 saturated carbocycles. The number of amides is 1. The van der Waals surface area contributed by atoms with Crippen molar-refractivity contribution in [1.29, 1.82) is 0 Å². The van der Waals surface area contributed by atoms with Gasteiger partial charge < -0.3 is 10.1 Å². The molecule has 24 heavy (non-hydrogen) atoms. The molecule has 1 aromatic carbocycles. The van der Waals surface area contributed by atoms with Gasteiger partial charge in [0.15, 0.2) is 0 Å². The van der Waals surface area contributed by atoms with Crippen LogP contribution in [0.1, 0.15) is 32.4 Å². The number of aromatic nitrogens is 3. The first kappa shape index (κ1) is 16.2. The zero-order valence-corrected chi connectivity index (χ0v) is 13.7. The standard InChI is InChI=1S/C17H20N4O3/c1-12(22)18-17(2,13-8-9-13)16(23)24-11-14-10-21(20-19-14)15-6-4-3-5-7-15/h3-7,10,13H,8-9,11H2,1-2H3,(H,18,22)/t17-/m1/s1. The third-order valence-electron chi connectivity index (χ3n) is 4.17. The average Bonchev–Trinajstić information content (AvgIpc) is 3.32. The SMILES string of the molecule is CC(=O)N[C@@](C)(C(=O)OCc1cn(-c2ccccc2)nn1)C1CC1. The van der Waals surface area contributed by atoms with Crippen molar-refractivity contribution in [3.8, 4) is 5.69 Å². The van der Waals surface area contributed by atoms with Crippen LogP contribution >= 0.6 is 0 Å². The summed E-state index contributed by atoms with van der Waals surface area (Å²) in [4.78, 5) is 23.8. The second kappa shape index (κ2) is 6.43. The molecule has 1 fully saturated rings. The van der Waals surface area contributed by atoms with Crippen molar-refractivity contribution in [2.45, 2.75) is 38.8 Å². The molecule has 0 aliphatic heterocycles. The molecule has 0 unspecified atom stereocenters. The molecule has 0 saturated heterocycles. The van der Waals surface area contributed by atoms with E-state index in [2.05, 4.69) is 15.6 Å². The van der Waals surface area contributed by atoms with Crippen LogP contribution in [0, 0.1) is 5.92 Å². The first-order valence-electron chi connectivity index (χ1n) is 7.91. The van der Waals surface area contributed by atoms with E-state index in [1.54, 1.807) is 17.8 Å². The summed E-state index contributed by atoms with van der Waals surface area (Å²) in [6.07, 6.45) is 3.54. The zero-order valence-electron chi connectivity index (χ0n) is 13.7. The highest BCUT2D eigenvalue weighted by atomic mass is 16.5. The Labute approximate surface area is 140 Å². The predicted octanol–water partition coefficient (Wildman–Crippen LogP) is 1.62. The Morgan fingerprint density at radius 1 is 1.33 bits per heavy atom. The largest absolute Gasteiger partial charge is 0.457 e. The number of nitrogens with one attached hydrogen (secondary N) is 1. The summed E-state index contributed by atoms with van der Waals surface area (Å²) in [6.45, 7) is 3.14. The fourth-order valence-electron chi connectivity index (χ4n) is 2.71. The van der Waals surface area contributed by atoms with E-state index in [0.29, 0.717) is 5.69 Å². The highest BCUT2D eigenvalue weighted by Gasteiger charge is 2.49. The van der Waals surface area contributed by atoms with E-state index in [1.165, 1.54) is 6.92 Å². The molecule has 126 valence electrons. The van der Waals surface area contributed by atoms with E-state index in [9.17, 15) is 9.59 Å². The first-order chi connectivity index (χ1) is 11.5. The van der Waals surface area contributed by atoms with Gasteiger partial charge in [-0.1, -0.05) is 23.4 Å². The zero-order chi connectivity index (χ0) is 17.2. The van der Waals surface area contributed by atoms with Crippen LogP contribution in [0.25, 0.3) is 5.69 Å². The lowest BCUT2D eigenvalue weighted by Gasteiger charge is -2.27. The maximum absolute atomic E-state index is 12.4. The summed E-state index contributed by atoms with van der Waals surface area (Å²) < 4.78 is 7.00. The smallest absolute Gasteiger partial charge is 0.332 e. The van der Waals surface area contributed by atoms with Gasteiger partial charge in [0, 0.05) is 6.92 Å². The number of carbonyl (C=O) groups is 2. The molecule has 0 radical (unpaired) electrons. The number of benzene rings is 1. The summed E-state index contributed by atoms with van der Waals surface area (Å²) in [5.74, 6) is -0.542. The highest BCUT2D eigenvalue weighted by molar-refractivity contribution is 5.87. The molecule has 0 bridgehead atoms. The lowest BCUT2D eigenvalue weighted by atomic mass is 9.96. The van der Waals surface area contributed by atoms with Crippen LogP contribution in [0.5, 0.6) is 0 Å². The third-order valence-corrected chi connectivity index (χ3v) is 4.17. The summed E-state index contributed by atoms with van der Waals surface area (Å²) >= 11 is 0. The van der Waals surface area contributed by atoms with Gasteiger partial charge in [0.2, 0.25) is 5.91 Å². The molecule has 1 N–H and O–H groups in total. The molecule has 7 heteroatoms. The van der Waals surface area contributed by atoms with Gasteiger partial charge in [0.25, 0.3) is 0 Å². The second-order valence-corrected chi connectivity index (χ2v) is 6.22. The fourth-order valence-corrected chi connectivity index (χ4v) is 2.71. The van der Waals surface area contributed by atoms with Gasteiger partial charge in [0.1, 0.15) is 17.8 Å². The van der Waals surface area contributed by atoms with E-state index >= 15 is 0 Å². The van der Waals surface area contributed by atoms with E-state index in [0.717, 1.165) is 18.5 Å². The maximum Gasteiger partial charge on any atom is 0.332 e. The quantitative estimate of drug-likeness (QED) is 0.814. The molecule has 1 heterocycles. The van der Waals surface area contributed by atoms with Crippen LogP contribution in [-0.4, -0.2) is 32.4 Å². The molecular weight excluding hydrogens is 308 g/mol. The Morgan fingerprint density at radius 2 is 2.04 bits per heavy atom. The topological polar surface area (TPSA) is 86.1 Å². The van der Waals surface area contributed by atoms with Crippen molar-refractivity contribution in [3.05, 3.63) is 42.2 Å². The number of hydrogen-bond donors (Lipinski definition) is 1. The first-order valence-corrected chi connectivity index (χ1v) is 7.91. The predicted molar refractivity (Wildman–Crippen MR) is 86.1 cm³/mol. The normalized spacial score (nSPS) is 16.2. The fraction of sp³-hybridized carbons (Fsp3) is 0.412. The summed E-state index contributed by atoms with van der Waals surface area (Å²) in [7, 11) is 0. The Bertz CT molecular complexity index is 739. The lowest BCUT2D eigenvalue weighted by molar-refractivity contribution is -0.155. The van der Waals surface area contributed by atoms with Crippen molar-refractivity contribution < 1.29 is 14.3 Å². The van der Waals surface area contributed by atoms with Gasteiger partial charge in [-0.25, -0.2) is 9.48 Å². The minimum Gasteiger partial charge on any atom is -0.457 e. The molecule has 1 amide bonds. The van der Waals surface area contributed by atoms with Crippen molar-refractivity contribution >= 4 is 11.9 Å². The van der Waals surface area contributed by atoms with Crippen molar-refractivity contribution in [1.82, 2.24) is 20.3 Å². The van der Waals surface area contributed by atoms with Gasteiger partial charge in [-0.3, -0.25) is 4.79 Å². The van der Waals surface area contributed by atoms with Crippen LogP contribution in [0.2, 0.25) is 0 Å². The van der Waals surface area contributed by atoms with E-state index in [1.807, 2.05) is 30.3 Å². The summed E-state index contributed by atoms with van der Waals surface area (Å²) in [6, 6.07) is 9.55. The summed E-state index contributed by atoms with van der Waals surface area (Å²) in [5, 5.41) is 10.8. The highest BCUT2D eigenvalue weighted by Crippen LogP contribution is 2.40. The minimum absolute atomic E-state index is 0.0214. The van der Waals surface area contributed by atoms with Crippen LogP contribution in [0.15, 0.2) is 36.5 Å². The van der Waals surface area contributed by atoms with Crippen molar-refractivity contribution in [2.24, 2.45) is 5.92 Å². The van der Waals surface area contributed by atoms with Gasteiger partial charge in [-0.15, -0.1) is 5.10 Å². The lowest BCUT2D eigenvalue weighted by Crippen LogP contribution is -2.54. The number of hydrogen-bond acceptors (Lipinski definition) is 5. The van der Waals surface area contributed by atoms with E-state index in [4.69, 9.17) is 4.74 Å². The van der Waals surface area contributed by atoms with Crippen LogP contribution in [0.4, 0.5) is 0 Å². The molecule has 1 atom stereocenters. The number of para-hydroxylation sites is 1. The number of esters is 1. The molecular formula is C17H20N4O3. The van der Waals surface area contributed by atoms with Gasteiger partial charge in [-0.2, -0.15) is 0 Å². The number of nitrogens with zero attached hydrogens (tertiary/aromatic N) is 3. The summed E-state index contributed by atoms with van der Waals surface area (Å²) in [5.41, 5.74) is 0.457. The molecule has 2 aromatic rings. The molecule has 7 nitrogen and oxygen atoms in total. The Balaban J connectivity index is 1.64. The van der Waals surface area contributed by atoms with Crippen LogP contribution < -0.4 is 5.32 Å². The van der Waals surface area contributed by atoms with E-state index in [-0.39, 0.29) is 18.4 Å². The molecule has 0 spiro atoms. The molecule has 1 aliphatic rings. The second-order valence-electron chi connectivity index (χ2n) is 6.22. The Kier molecular flexibility index (Phi) is 4.33. The minimum atomic E-state index is -0.971. The van der Waals surface area contributed by atoms with E-state index < -0.39 is 11.5 Å².